The van der Waals surface area contributed by atoms with Crippen LogP contribution in [-0.2, 0) is 13.0 Å². The van der Waals surface area contributed by atoms with E-state index in [2.05, 4.69) is 12.0 Å². The number of aromatic nitrogens is 2. The molecule has 1 aromatic rings. The minimum atomic E-state index is -0.481. The second-order valence-corrected chi connectivity index (χ2v) is 5.27. The van der Waals surface area contributed by atoms with Crippen LogP contribution in [0.2, 0.25) is 0 Å². The second kappa shape index (κ2) is 8.61. The van der Waals surface area contributed by atoms with Gasteiger partial charge in [-0.05, 0) is 12.8 Å². The monoisotopic (exact) mass is 280 g/mol. The zero-order valence-electron chi connectivity index (χ0n) is 12.8. The van der Waals surface area contributed by atoms with Gasteiger partial charge < -0.3 is 11.5 Å². The molecule has 20 heavy (non-hydrogen) atoms. The topological polar surface area (TPSA) is 86.9 Å². The lowest BCUT2D eigenvalue weighted by atomic mass is 10.1. The third-order valence-corrected chi connectivity index (χ3v) is 3.62. The summed E-state index contributed by atoms with van der Waals surface area (Å²) in [6.07, 6.45) is 9.38. The number of carbonyl (C=O) groups excluding carboxylic acids is 1. The Balaban J connectivity index is 2.43. The standard InChI is InChI=1S/C15H28N4O/c1-3-5-6-7-8-9-10-11-19-14(16)13(15(17)20)12(4-2)18-19/h3-11,16H2,1-2H3,(H2,17,20). The van der Waals surface area contributed by atoms with Crippen LogP contribution in [0.15, 0.2) is 0 Å². The molecule has 1 rings (SSSR count). The number of hydrogen-bond donors (Lipinski definition) is 2. The lowest BCUT2D eigenvalue weighted by Gasteiger charge is -2.04. The second-order valence-electron chi connectivity index (χ2n) is 5.27. The molecule has 0 fully saturated rings. The Hall–Kier alpha value is -1.52. The predicted molar refractivity (Wildman–Crippen MR) is 82.5 cm³/mol. The molecule has 4 N–H and O–H groups in total. The van der Waals surface area contributed by atoms with E-state index in [0.29, 0.717) is 23.5 Å². The van der Waals surface area contributed by atoms with Crippen molar-refractivity contribution < 1.29 is 4.79 Å². The third kappa shape index (κ3) is 4.54. The van der Waals surface area contributed by atoms with Crippen LogP contribution in [0.3, 0.4) is 0 Å². The van der Waals surface area contributed by atoms with Crippen LogP contribution in [-0.4, -0.2) is 15.7 Å². The van der Waals surface area contributed by atoms with Crippen molar-refractivity contribution in [2.24, 2.45) is 5.73 Å². The first-order valence-electron chi connectivity index (χ1n) is 7.76. The van der Waals surface area contributed by atoms with Crippen molar-refractivity contribution in [3.8, 4) is 0 Å². The van der Waals surface area contributed by atoms with Crippen LogP contribution >= 0.6 is 0 Å². The first kappa shape index (κ1) is 16.5. The van der Waals surface area contributed by atoms with Crippen LogP contribution in [0.25, 0.3) is 0 Å². The van der Waals surface area contributed by atoms with Crippen molar-refractivity contribution in [1.29, 1.82) is 0 Å². The molecule has 0 aliphatic carbocycles. The third-order valence-electron chi connectivity index (χ3n) is 3.62. The number of nitrogens with two attached hydrogens (primary N) is 2. The zero-order chi connectivity index (χ0) is 15.0. The SMILES string of the molecule is CCCCCCCCCn1nc(CC)c(C(N)=O)c1N. The van der Waals surface area contributed by atoms with Crippen LogP contribution in [0.4, 0.5) is 5.82 Å². The number of carbonyl (C=O) groups is 1. The molecule has 5 nitrogen and oxygen atoms in total. The highest BCUT2D eigenvalue weighted by atomic mass is 16.1. The number of amides is 1. The first-order chi connectivity index (χ1) is 9.61. The quantitative estimate of drug-likeness (QED) is 0.646. The van der Waals surface area contributed by atoms with Crippen LogP contribution < -0.4 is 11.5 Å². The van der Waals surface area contributed by atoms with E-state index in [1.165, 1.54) is 38.5 Å². The minimum Gasteiger partial charge on any atom is -0.383 e. The molecule has 1 aromatic heterocycles. The molecular formula is C15H28N4O. The smallest absolute Gasteiger partial charge is 0.254 e. The molecule has 1 amide bonds. The van der Waals surface area contributed by atoms with Crippen LogP contribution in [0.5, 0.6) is 0 Å². The molecule has 0 unspecified atom stereocenters. The number of hydrogen-bond acceptors (Lipinski definition) is 3. The lowest BCUT2D eigenvalue weighted by molar-refractivity contribution is 0.100. The molecule has 1 heterocycles. The van der Waals surface area contributed by atoms with Gasteiger partial charge in [-0.25, -0.2) is 4.68 Å². The van der Waals surface area contributed by atoms with Gasteiger partial charge in [0.2, 0.25) is 0 Å². The highest BCUT2D eigenvalue weighted by Gasteiger charge is 2.18. The molecule has 0 aliphatic heterocycles. The van der Waals surface area contributed by atoms with Crippen molar-refractivity contribution in [3.63, 3.8) is 0 Å². The van der Waals surface area contributed by atoms with Gasteiger partial charge in [-0.2, -0.15) is 5.10 Å². The van der Waals surface area contributed by atoms with E-state index in [1.807, 2.05) is 6.92 Å². The summed E-state index contributed by atoms with van der Waals surface area (Å²) >= 11 is 0. The molecule has 0 aromatic carbocycles. The van der Waals surface area contributed by atoms with Gasteiger partial charge in [-0.15, -0.1) is 0 Å². The number of unbranched alkanes of at least 4 members (excludes halogenated alkanes) is 6. The van der Waals surface area contributed by atoms with E-state index >= 15 is 0 Å². The average Bonchev–Trinajstić information content (AvgIpc) is 2.74. The van der Waals surface area contributed by atoms with Gasteiger partial charge in [0.1, 0.15) is 11.4 Å². The number of aryl methyl sites for hydroxylation is 2. The van der Waals surface area contributed by atoms with E-state index in [0.717, 1.165) is 13.0 Å². The molecule has 0 saturated heterocycles. The van der Waals surface area contributed by atoms with Crippen molar-refractivity contribution in [2.75, 3.05) is 5.73 Å². The minimum absolute atomic E-state index is 0.399. The Kier molecular flexibility index (Phi) is 7.12. The summed E-state index contributed by atoms with van der Waals surface area (Å²) in [7, 11) is 0. The normalized spacial score (nSPS) is 10.9. The van der Waals surface area contributed by atoms with Crippen molar-refractivity contribution in [2.45, 2.75) is 71.8 Å². The van der Waals surface area contributed by atoms with E-state index < -0.39 is 5.91 Å². The van der Waals surface area contributed by atoms with Gasteiger partial charge >= 0.3 is 0 Å². The summed E-state index contributed by atoms with van der Waals surface area (Å²) in [5, 5.41) is 4.39. The van der Waals surface area contributed by atoms with Gasteiger partial charge in [-0.3, -0.25) is 4.79 Å². The number of rotatable bonds is 10. The van der Waals surface area contributed by atoms with Crippen LogP contribution in [0, 0.1) is 0 Å². The van der Waals surface area contributed by atoms with Crippen LogP contribution in [0.1, 0.15) is 74.8 Å². The maximum absolute atomic E-state index is 11.4. The summed E-state index contributed by atoms with van der Waals surface area (Å²) < 4.78 is 1.73. The highest BCUT2D eigenvalue weighted by Crippen LogP contribution is 2.18. The molecule has 114 valence electrons. The molecule has 0 radical (unpaired) electrons. The molecule has 0 atom stereocenters. The van der Waals surface area contributed by atoms with E-state index in [1.54, 1.807) is 4.68 Å². The van der Waals surface area contributed by atoms with E-state index in [9.17, 15) is 4.79 Å². The average molecular weight is 280 g/mol. The molecular weight excluding hydrogens is 252 g/mol. The highest BCUT2D eigenvalue weighted by molar-refractivity contribution is 5.98. The van der Waals surface area contributed by atoms with Crippen molar-refractivity contribution in [3.05, 3.63) is 11.3 Å². The first-order valence-corrected chi connectivity index (χ1v) is 7.76. The number of anilines is 1. The fourth-order valence-electron chi connectivity index (χ4n) is 2.43. The summed E-state index contributed by atoms with van der Waals surface area (Å²) in [6, 6.07) is 0. The van der Waals surface area contributed by atoms with E-state index in [-0.39, 0.29) is 0 Å². The Labute approximate surface area is 121 Å². The number of nitrogens with zero attached hydrogens (tertiary/aromatic N) is 2. The summed E-state index contributed by atoms with van der Waals surface area (Å²) in [6.45, 7) is 4.94. The van der Waals surface area contributed by atoms with Gasteiger partial charge in [0.15, 0.2) is 0 Å². The zero-order valence-corrected chi connectivity index (χ0v) is 12.8. The largest absolute Gasteiger partial charge is 0.383 e. The van der Waals surface area contributed by atoms with Crippen molar-refractivity contribution >= 4 is 11.7 Å². The Bertz CT molecular complexity index is 426. The van der Waals surface area contributed by atoms with Gasteiger partial charge in [-0.1, -0.05) is 52.4 Å². The maximum atomic E-state index is 11.4. The fourth-order valence-corrected chi connectivity index (χ4v) is 2.43. The summed E-state index contributed by atoms with van der Waals surface area (Å²) in [5.74, 6) is -0.0644. The molecule has 0 saturated carbocycles. The van der Waals surface area contributed by atoms with E-state index in [4.69, 9.17) is 11.5 Å². The van der Waals surface area contributed by atoms with Gasteiger partial charge in [0.25, 0.3) is 5.91 Å². The molecule has 0 bridgehead atoms. The summed E-state index contributed by atoms with van der Waals surface area (Å²) in [4.78, 5) is 11.4. The lowest BCUT2D eigenvalue weighted by Crippen LogP contribution is -2.15. The maximum Gasteiger partial charge on any atom is 0.254 e. The number of primary amides is 1. The Morgan fingerprint density at radius 1 is 1.10 bits per heavy atom. The Morgan fingerprint density at radius 3 is 2.20 bits per heavy atom. The fraction of sp³-hybridized carbons (Fsp3) is 0.733. The molecule has 0 aliphatic rings. The Morgan fingerprint density at radius 2 is 1.70 bits per heavy atom. The summed E-state index contributed by atoms with van der Waals surface area (Å²) in [5.41, 5.74) is 12.4. The van der Waals surface area contributed by atoms with Crippen molar-refractivity contribution in [1.82, 2.24) is 9.78 Å². The predicted octanol–water partition coefficient (Wildman–Crippen LogP) is 2.88. The number of nitrogen functional groups attached to an aromatic ring is 1. The molecule has 5 heteroatoms. The van der Waals surface area contributed by atoms with Gasteiger partial charge in [0.05, 0.1) is 5.69 Å². The molecule has 0 spiro atoms. The van der Waals surface area contributed by atoms with Gasteiger partial charge in [0, 0.05) is 6.54 Å².